The van der Waals surface area contributed by atoms with Crippen molar-refractivity contribution in [3.8, 4) is 5.75 Å². The summed E-state index contributed by atoms with van der Waals surface area (Å²) in [6.45, 7) is 1.14. The number of phenolic OH excluding ortho intramolecular Hbond substituents is 1. The fourth-order valence-electron chi connectivity index (χ4n) is 4.77. The number of hydrogen-bond acceptors (Lipinski definition) is 6. The number of carbonyl (C=O) groups excluding carboxylic acids is 2. The largest absolute Gasteiger partial charge is 0.506 e. The Hall–Kier alpha value is -4.92. The molecule has 2 amide bonds. The number of nitro groups is 1. The van der Waals surface area contributed by atoms with Gasteiger partial charge in [0.2, 0.25) is 5.91 Å². The van der Waals surface area contributed by atoms with Gasteiger partial charge in [0.1, 0.15) is 11.3 Å². The number of rotatable bonds is 6. The topological polar surface area (TPSA) is 126 Å². The van der Waals surface area contributed by atoms with Crippen molar-refractivity contribution in [2.45, 2.75) is 18.8 Å². The van der Waals surface area contributed by atoms with E-state index < -0.39 is 4.92 Å². The van der Waals surface area contributed by atoms with Crippen LogP contribution in [0.3, 0.4) is 0 Å². The molecule has 0 radical (unpaired) electrons. The number of likely N-dealkylation sites (tertiary alicyclic amines) is 1. The summed E-state index contributed by atoms with van der Waals surface area (Å²) in [5.74, 6) is -0.374. The molecule has 2 heterocycles. The van der Waals surface area contributed by atoms with Crippen LogP contribution in [0.1, 0.15) is 40.2 Å². The summed E-state index contributed by atoms with van der Waals surface area (Å²) in [6.07, 6.45) is 5.74. The van der Waals surface area contributed by atoms with E-state index in [9.17, 15) is 24.8 Å². The second-order valence-corrected chi connectivity index (χ2v) is 9.12. The average Bonchev–Trinajstić information content (AvgIpc) is 3.42. The van der Waals surface area contributed by atoms with Crippen molar-refractivity contribution in [2.24, 2.45) is 0 Å². The first-order chi connectivity index (χ1) is 18.4. The van der Waals surface area contributed by atoms with Gasteiger partial charge in [-0.1, -0.05) is 24.3 Å². The molecule has 9 nitrogen and oxygen atoms in total. The summed E-state index contributed by atoms with van der Waals surface area (Å²) in [4.78, 5) is 37.7. The molecule has 3 aromatic carbocycles. The number of carbonyl (C=O) groups is 2. The Morgan fingerprint density at radius 2 is 1.76 bits per heavy atom. The molecule has 0 saturated carbocycles. The summed E-state index contributed by atoms with van der Waals surface area (Å²) < 4.78 is 5.28. The predicted molar refractivity (Wildman–Crippen MR) is 143 cm³/mol. The van der Waals surface area contributed by atoms with Gasteiger partial charge >= 0.3 is 0 Å². The van der Waals surface area contributed by atoms with E-state index in [-0.39, 0.29) is 34.7 Å². The lowest BCUT2D eigenvalue weighted by molar-refractivity contribution is -0.385. The third-order valence-corrected chi connectivity index (χ3v) is 6.82. The quantitative estimate of drug-likeness (QED) is 0.194. The Balaban J connectivity index is 1.17. The van der Waals surface area contributed by atoms with Gasteiger partial charge in [-0.15, -0.1) is 0 Å². The van der Waals surface area contributed by atoms with Crippen LogP contribution in [0.15, 0.2) is 83.5 Å². The first-order valence-electron chi connectivity index (χ1n) is 12.2. The van der Waals surface area contributed by atoms with Gasteiger partial charge in [0, 0.05) is 30.9 Å². The summed E-state index contributed by atoms with van der Waals surface area (Å²) in [5.41, 5.74) is 2.83. The molecule has 1 aromatic heterocycles. The van der Waals surface area contributed by atoms with Crippen LogP contribution in [-0.2, 0) is 4.79 Å². The van der Waals surface area contributed by atoms with Crippen molar-refractivity contribution in [1.82, 2.24) is 4.90 Å². The zero-order valence-corrected chi connectivity index (χ0v) is 20.4. The van der Waals surface area contributed by atoms with Crippen LogP contribution in [0.25, 0.3) is 17.0 Å². The Labute approximate surface area is 218 Å². The molecular weight excluding hydrogens is 486 g/mol. The molecule has 5 rings (SSSR count). The number of piperidine rings is 1. The lowest BCUT2D eigenvalue weighted by Crippen LogP contribution is -2.37. The summed E-state index contributed by atoms with van der Waals surface area (Å²) in [6, 6.07) is 18.7. The molecule has 1 saturated heterocycles. The standard InChI is InChI=1S/C29H25N3O6/c33-27(12-7-21-3-1-2-4-25(21)32(36)37)30-22-8-5-19(6-9-22)20-13-16-31(17-14-20)29(35)24-10-11-26-23(28(24)34)15-18-38-26/h1-12,15,18,20,34H,13-14,16-17H2,(H,30,33)/b12-7+. The monoisotopic (exact) mass is 511 g/mol. The minimum atomic E-state index is -0.486. The Kier molecular flexibility index (Phi) is 6.90. The highest BCUT2D eigenvalue weighted by atomic mass is 16.6. The molecule has 1 aliphatic rings. The number of para-hydroxylation sites is 1. The number of aromatic hydroxyl groups is 1. The van der Waals surface area contributed by atoms with Gasteiger partial charge in [-0.25, -0.2) is 0 Å². The predicted octanol–water partition coefficient (Wildman–Crippen LogP) is 5.72. The summed E-state index contributed by atoms with van der Waals surface area (Å²) in [5, 5.41) is 24.9. The van der Waals surface area contributed by atoms with E-state index in [0.29, 0.717) is 35.3 Å². The fraction of sp³-hybridized carbons (Fsp3) is 0.172. The molecule has 0 atom stereocenters. The van der Waals surface area contributed by atoms with E-state index in [1.54, 1.807) is 41.3 Å². The zero-order valence-electron chi connectivity index (χ0n) is 20.4. The number of anilines is 1. The van der Waals surface area contributed by atoms with Gasteiger partial charge in [0.05, 0.1) is 27.7 Å². The minimum Gasteiger partial charge on any atom is -0.506 e. The van der Waals surface area contributed by atoms with E-state index in [1.165, 1.54) is 24.5 Å². The van der Waals surface area contributed by atoms with Crippen molar-refractivity contribution in [3.63, 3.8) is 0 Å². The van der Waals surface area contributed by atoms with Crippen molar-refractivity contribution >= 4 is 40.2 Å². The van der Waals surface area contributed by atoms with Crippen molar-refractivity contribution in [3.05, 3.63) is 106 Å². The number of nitrogens with zero attached hydrogens (tertiary/aromatic N) is 2. The molecule has 2 N–H and O–H groups in total. The van der Waals surface area contributed by atoms with Gasteiger partial charge in [0.15, 0.2) is 0 Å². The first-order valence-corrected chi connectivity index (χ1v) is 12.2. The molecule has 0 bridgehead atoms. The van der Waals surface area contributed by atoms with E-state index in [2.05, 4.69) is 5.32 Å². The number of furan rings is 1. The molecular formula is C29H25N3O6. The lowest BCUT2D eigenvalue weighted by Gasteiger charge is -2.32. The van der Waals surface area contributed by atoms with Gasteiger partial charge in [-0.05, 0) is 66.8 Å². The molecule has 1 aliphatic heterocycles. The van der Waals surface area contributed by atoms with Crippen LogP contribution in [0.5, 0.6) is 5.75 Å². The minimum absolute atomic E-state index is 0.0576. The molecule has 9 heteroatoms. The van der Waals surface area contributed by atoms with Gasteiger partial charge in [-0.2, -0.15) is 0 Å². The van der Waals surface area contributed by atoms with Crippen molar-refractivity contribution in [1.29, 1.82) is 0 Å². The second kappa shape index (κ2) is 10.6. The van der Waals surface area contributed by atoms with Crippen LogP contribution in [0.2, 0.25) is 0 Å². The van der Waals surface area contributed by atoms with Crippen LogP contribution >= 0.6 is 0 Å². The third-order valence-electron chi connectivity index (χ3n) is 6.82. The van der Waals surface area contributed by atoms with Gasteiger partial charge in [0.25, 0.3) is 11.6 Å². The van der Waals surface area contributed by atoms with Crippen LogP contribution in [0.4, 0.5) is 11.4 Å². The van der Waals surface area contributed by atoms with Crippen molar-refractivity contribution < 1.29 is 24.0 Å². The number of benzene rings is 3. The van der Waals surface area contributed by atoms with Crippen LogP contribution < -0.4 is 5.32 Å². The smallest absolute Gasteiger partial charge is 0.276 e. The third kappa shape index (κ3) is 5.12. The van der Waals surface area contributed by atoms with E-state index in [1.807, 2.05) is 24.3 Å². The number of fused-ring (bicyclic) bond motifs is 1. The molecule has 192 valence electrons. The Morgan fingerprint density at radius 1 is 1.03 bits per heavy atom. The molecule has 0 unspecified atom stereocenters. The van der Waals surface area contributed by atoms with E-state index >= 15 is 0 Å². The Morgan fingerprint density at radius 3 is 2.50 bits per heavy atom. The van der Waals surface area contributed by atoms with Gasteiger partial charge in [-0.3, -0.25) is 19.7 Å². The maximum atomic E-state index is 13.0. The summed E-state index contributed by atoms with van der Waals surface area (Å²) in [7, 11) is 0. The van der Waals surface area contributed by atoms with Crippen molar-refractivity contribution in [2.75, 3.05) is 18.4 Å². The molecule has 4 aromatic rings. The lowest BCUT2D eigenvalue weighted by atomic mass is 9.89. The SMILES string of the molecule is O=C(/C=C/c1ccccc1[N+](=O)[O-])Nc1ccc(C2CCN(C(=O)c3ccc4occc4c3O)CC2)cc1. The molecule has 1 fully saturated rings. The normalized spacial score (nSPS) is 14.2. The first kappa shape index (κ1) is 24.8. The maximum Gasteiger partial charge on any atom is 0.276 e. The zero-order chi connectivity index (χ0) is 26.6. The average molecular weight is 512 g/mol. The van der Waals surface area contributed by atoms with Crippen LogP contribution in [0, 0.1) is 10.1 Å². The molecule has 0 aliphatic carbocycles. The van der Waals surface area contributed by atoms with E-state index in [0.717, 1.165) is 18.4 Å². The number of hydrogen-bond donors (Lipinski definition) is 2. The van der Waals surface area contributed by atoms with Gasteiger partial charge < -0.3 is 19.7 Å². The second-order valence-electron chi connectivity index (χ2n) is 9.12. The highest BCUT2D eigenvalue weighted by molar-refractivity contribution is 6.03. The number of amides is 2. The highest BCUT2D eigenvalue weighted by Crippen LogP contribution is 2.33. The number of phenols is 1. The number of nitrogens with one attached hydrogen (secondary N) is 1. The fourth-order valence-corrected chi connectivity index (χ4v) is 4.77. The Bertz CT molecular complexity index is 1530. The van der Waals surface area contributed by atoms with E-state index in [4.69, 9.17) is 4.42 Å². The van der Waals surface area contributed by atoms with Crippen LogP contribution in [-0.4, -0.2) is 39.8 Å². The molecule has 38 heavy (non-hydrogen) atoms. The highest BCUT2D eigenvalue weighted by Gasteiger charge is 2.27. The molecule has 0 spiro atoms. The summed E-state index contributed by atoms with van der Waals surface area (Å²) >= 11 is 0. The number of nitro benzene ring substituents is 1. The maximum absolute atomic E-state index is 13.0.